The molecule has 35 heavy (non-hydrogen) atoms. The van der Waals surface area contributed by atoms with E-state index in [1.165, 1.54) is 22.4 Å². The number of halogens is 1. The highest BCUT2D eigenvalue weighted by atomic mass is 32.2. The second kappa shape index (κ2) is 11.4. The largest absolute Gasteiger partial charge is 0.450 e. The molecule has 2 aromatic carbocycles. The number of fused-ring (bicyclic) bond motifs is 1. The minimum absolute atomic E-state index is 0.0204. The van der Waals surface area contributed by atoms with Gasteiger partial charge in [-0.05, 0) is 37.6 Å². The minimum Gasteiger partial charge on any atom is -0.450 e. The first-order chi connectivity index (χ1) is 17.0. The molecular formula is C25H27FN4O4S. The standard InChI is InChI=1S/C25H27FN4O4S/c1-2-34-25(33)29-15-13-28(14-16-29)22(31)12-7-17-35-24-27-20-10-5-3-8-18(20)23(32)30(24)21-11-6-4-9-19(21)26/h3-6,8-11H,2,7,12-17H2,1H3. The highest BCUT2D eigenvalue weighted by Crippen LogP contribution is 2.24. The van der Waals surface area contributed by atoms with Gasteiger partial charge in [0.15, 0.2) is 5.16 Å². The van der Waals surface area contributed by atoms with E-state index >= 15 is 0 Å². The van der Waals surface area contributed by atoms with Gasteiger partial charge in [-0.2, -0.15) is 0 Å². The first-order valence-electron chi connectivity index (χ1n) is 11.6. The third-order valence-corrected chi connectivity index (χ3v) is 6.79. The van der Waals surface area contributed by atoms with E-state index in [1.54, 1.807) is 59.2 Å². The Hall–Kier alpha value is -3.40. The maximum absolute atomic E-state index is 14.6. The van der Waals surface area contributed by atoms with Crippen molar-refractivity contribution in [1.82, 2.24) is 19.4 Å². The van der Waals surface area contributed by atoms with Crippen LogP contribution in [0, 0.1) is 5.82 Å². The van der Waals surface area contributed by atoms with E-state index in [2.05, 4.69) is 4.98 Å². The number of para-hydroxylation sites is 2. The molecule has 1 aliphatic heterocycles. The minimum atomic E-state index is -0.509. The molecule has 184 valence electrons. The van der Waals surface area contributed by atoms with E-state index in [1.807, 2.05) is 0 Å². The Labute approximate surface area is 206 Å². The van der Waals surface area contributed by atoms with Gasteiger partial charge in [0.1, 0.15) is 5.82 Å². The molecule has 1 saturated heterocycles. The van der Waals surface area contributed by atoms with Crippen LogP contribution in [0.25, 0.3) is 16.6 Å². The summed E-state index contributed by atoms with van der Waals surface area (Å²) in [7, 11) is 0. The molecule has 0 saturated carbocycles. The number of thioether (sulfide) groups is 1. The molecule has 1 aliphatic rings. The van der Waals surface area contributed by atoms with Crippen molar-refractivity contribution in [3.63, 3.8) is 0 Å². The van der Waals surface area contributed by atoms with Crippen LogP contribution in [0.15, 0.2) is 58.5 Å². The van der Waals surface area contributed by atoms with Crippen LogP contribution in [-0.2, 0) is 9.53 Å². The van der Waals surface area contributed by atoms with E-state index < -0.39 is 5.82 Å². The number of carbonyl (C=O) groups excluding carboxylic acids is 2. The van der Waals surface area contributed by atoms with Crippen molar-refractivity contribution in [1.29, 1.82) is 0 Å². The maximum Gasteiger partial charge on any atom is 0.409 e. The summed E-state index contributed by atoms with van der Waals surface area (Å²) in [4.78, 5) is 45.6. The van der Waals surface area contributed by atoms with Crippen LogP contribution < -0.4 is 5.56 Å². The van der Waals surface area contributed by atoms with Crippen LogP contribution in [0.2, 0.25) is 0 Å². The molecule has 0 bridgehead atoms. The normalized spacial score (nSPS) is 13.8. The Morgan fingerprint density at radius 2 is 1.71 bits per heavy atom. The molecule has 10 heteroatoms. The van der Waals surface area contributed by atoms with Gasteiger partial charge in [-0.25, -0.2) is 14.2 Å². The molecule has 0 spiro atoms. The van der Waals surface area contributed by atoms with E-state index in [4.69, 9.17) is 4.74 Å². The zero-order valence-corrected chi connectivity index (χ0v) is 20.3. The van der Waals surface area contributed by atoms with E-state index in [9.17, 15) is 18.8 Å². The van der Waals surface area contributed by atoms with Gasteiger partial charge in [-0.1, -0.05) is 36.0 Å². The number of piperazine rings is 1. The van der Waals surface area contributed by atoms with Crippen LogP contribution in [0.4, 0.5) is 9.18 Å². The molecule has 0 atom stereocenters. The average molecular weight is 499 g/mol. The van der Waals surface area contributed by atoms with Crippen molar-refractivity contribution >= 4 is 34.7 Å². The first-order valence-corrected chi connectivity index (χ1v) is 12.6. The van der Waals surface area contributed by atoms with Crippen LogP contribution >= 0.6 is 11.8 Å². The fourth-order valence-electron chi connectivity index (χ4n) is 3.95. The summed E-state index contributed by atoms with van der Waals surface area (Å²) in [5, 5.41) is 0.798. The molecular weight excluding hydrogens is 471 g/mol. The van der Waals surface area contributed by atoms with Gasteiger partial charge in [0, 0.05) is 38.4 Å². The number of rotatable bonds is 7. The lowest BCUT2D eigenvalue weighted by molar-refractivity contribution is -0.132. The number of hydrogen-bond acceptors (Lipinski definition) is 6. The quantitative estimate of drug-likeness (QED) is 0.281. The highest BCUT2D eigenvalue weighted by Gasteiger charge is 2.24. The third kappa shape index (κ3) is 5.64. The summed E-state index contributed by atoms with van der Waals surface area (Å²) in [6.07, 6.45) is 0.561. The highest BCUT2D eigenvalue weighted by molar-refractivity contribution is 7.99. The topological polar surface area (TPSA) is 84.7 Å². The number of benzene rings is 2. The molecule has 0 unspecified atom stereocenters. The predicted octanol–water partition coefficient (Wildman–Crippen LogP) is 3.70. The van der Waals surface area contributed by atoms with Crippen molar-refractivity contribution < 1.29 is 18.7 Å². The Morgan fingerprint density at radius 3 is 2.46 bits per heavy atom. The van der Waals surface area contributed by atoms with Crippen LogP contribution in [-0.4, -0.2) is 69.9 Å². The lowest BCUT2D eigenvalue weighted by Crippen LogP contribution is -2.50. The number of aromatic nitrogens is 2. The fourth-order valence-corrected chi connectivity index (χ4v) is 4.90. The maximum atomic E-state index is 14.6. The lowest BCUT2D eigenvalue weighted by atomic mass is 10.2. The lowest BCUT2D eigenvalue weighted by Gasteiger charge is -2.34. The molecule has 0 aliphatic carbocycles. The van der Waals surface area contributed by atoms with Crippen LogP contribution in [0.5, 0.6) is 0 Å². The Bertz CT molecular complexity index is 1270. The van der Waals surface area contributed by atoms with Gasteiger partial charge in [-0.3, -0.25) is 14.2 Å². The molecule has 1 aromatic heterocycles. The number of nitrogens with zero attached hydrogens (tertiary/aromatic N) is 4. The molecule has 3 aromatic rings. The van der Waals surface area contributed by atoms with Crippen molar-refractivity contribution in [2.24, 2.45) is 0 Å². The molecule has 0 N–H and O–H groups in total. The van der Waals surface area contributed by atoms with Crippen LogP contribution in [0.1, 0.15) is 19.8 Å². The first kappa shape index (κ1) is 24.7. The summed E-state index contributed by atoms with van der Waals surface area (Å²) in [5.74, 6) is 0.0473. The molecule has 4 rings (SSSR count). The van der Waals surface area contributed by atoms with Crippen molar-refractivity contribution in [3.8, 4) is 5.69 Å². The monoisotopic (exact) mass is 498 g/mol. The molecule has 2 heterocycles. The van der Waals surface area contributed by atoms with Crippen molar-refractivity contribution in [3.05, 3.63) is 64.7 Å². The molecule has 0 radical (unpaired) electrons. The zero-order valence-electron chi connectivity index (χ0n) is 19.5. The second-order valence-corrected chi connectivity index (χ2v) is 9.08. The summed E-state index contributed by atoms with van der Waals surface area (Å²) in [5.41, 5.74) is 0.357. The van der Waals surface area contributed by atoms with E-state index in [0.717, 1.165) is 0 Å². The molecule has 8 nitrogen and oxygen atoms in total. The van der Waals surface area contributed by atoms with Crippen molar-refractivity contribution in [2.45, 2.75) is 24.9 Å². The SMILES string of the molecule is CCOC(=O)N1CCN(C(=O)CCCSc2nc3ccccc3c(=O)n2-c2ccccc2F)CC1. The summed E-state index contributed by atoms with van der Waals surface area (Å²) < 4.78 is 20.9. The van der Waals surface area contributed by atoms with E-state index in [0.29, 0.717) is 67.4 Å². The molecule has 2 amide bonds. The third-order valence-electron chi connectivity index (χ3n) is 5.76. The van der Waals surface area contributed by atoms with Gasteiger partial charge in [-0.15, -0.1) is 0 Å². The number of hydrogen-bond donors (Lipinski definition) is 0. The summed E-state index contributed by atoms with van der Waals surface area (Å²) in [6.45, 7) is 3.95. The average Bonchev–Trinajstić information content (AvgIpc) is 2.87. The Balaban J connectivity index is 1.40. The summed E-state index contributed by atoms with van der Waals surface area (Å²) in [6, 6.07) is 13.1. The second-order valence-electron chi connectivity index (χ2n) is 8.02. The predicted molar refractivity (Wildman–Crippen MR) is 132 cm³/mol. The van der Waals surface area contributed by atoms with Gasteiger partial charge < -0.3 is 14.5 Å². The van der Waals surface area contributed by atoms with Gasteiger partial charge in [0.05, 0.1) is 23.2 Å². The van der Waals surface area contributed by atoms with Crippen molar-refractivity contribution in [2.75, 3.05) is 38.5 Å². The number of ether oxygens (including phenoxy) is 1. The number of carbonyl (C=O) groups is 2. The summed E-state index contributed by atoms with van der Waals surface area (Å²) >= 11 is 1.32. The smallest absolute Gasteiger partial charge is 0.409 e. The van der Waals surface area contributed by atoms with Gasteiger partial charge in [0.2, 0.25) is 5.91 Å². The van der Waals surface area contributed by atoms with E-state index in [-0.39, 0.29) is 23.2 Å². The fraction of sp³-hybridized carbons (Fsp3) is 0.360. The Morgan fingerprint density at radius 1 is 1.03 bits per heavy atom. The van der Waals surface area contributed by atoms with Gasteiger partial charge >= 0.3 is 6.09 Å². The number of amides is 2. The van der Waals surface area contributed by atoms with Gasteiger partial charge in [0.25, 0.3) is 5.56 Å². The Kier molecular flexibility index (Phi) is 8.02. The zero-order chi connectivity index (χ0) is 24.8. The molecule has 1 fully saturated rings. The van der Waals surface area contributed by atoms with Crippen LogP contribution in [0.3, 0.4) is 0 Å².